The Morgan fingerprint density at radius 2 is 1.80 bits per heavy atom. The highest BCUT2D eigenvalue weighted by molar-refractivity contribution is 5.83. The van der Waals surface area contributed by atoms with Gasteiger partial charge in [0.25, 0.3) is 0 Å². The van der Waals surface area contributed by atoms with E-state index in [0.29, 0.717) is 13.1 Å². The number of aliphatic imine (C=N–C) groups is 1. The summed E-state index contributed by atoms with van der Waals surface area (Å²) in [7, 11) is 0. The first-order valence-corrected chi connectivity index (χ1v) is 8.66. The van der Waals surface area contributed by atoms with Crippen LogP contribution in [0.3, 0.4) is 0 Å². The Morgan fingerprint density at radius 3 is 2.60 bits per heavy atom. The first-order chi connectivity index (χ1) is 12.3. The molecule has 3 aromatic rings. The molecule has 0 atom stereocenters. The van der Waals surface area contributed by atoms with Crippen LogP contribution in [0.4, 0.5) is 0 Å². The van der Waals surface area contributed by atoms with E-state index in [1.807, 2.05) is 24.4 Å². The number of hydrogen-bond acceptors (Lipinski definition) is 2. The molecule has 0 unspecified atom stereocenters. The van der Waals surface area contributed by atoms with Gasteiger partial charge in [0.15, 0.2) is 5.96 Å². The average Bonchev–Trinajstić information content (AvgIpc) is 2.65. The molecule has 0 aliphatic rings. The van der Waals surface area contributed by atoms with Gasteiger partial charge in [-0.3, -0.25) is 4.98 Å². The highest BCUT2D eigenvalue weighted by atomic mass is 15.2. The lowest BCUT2D eigenvalue weighted by molar-refractivity contribution is 0.818. The van der Waals surface area contributed by atoms with Gasteiger partial charge in [-0.1, -0.05) is 48.0 Å². The normalized spacial score (nSPS) is 11.5. The minimum absolute atomic E-state index is 0.659. The van der Waals surface area contributed by atoms with E-state index >= 15 is 0 Å². The van der Waals surface area contributed by atoms with Crippen molar-refractivity contribution in [1.29, 1.82) is 0 Å². The van der Waals surface area contributed by atoms with Crippen LogP contribution >= 0.6 is 0 Å². The van der Waals surface area contributed by atoms with Crippen molar-refractivity contribution in [2.75, 3.05) is 6.54 Å². The summed E-state index contributed by atoms with van der Waals surface area (Å²) in [5.41, 5.74) is 4.70. The fourth-order valence-corrected chi connectivity index (χ4v) is 2.69. The van der Waals surface area contributed by atoms with Crippen molar-refractivity contribution >= 4 is 16.9 Å². The minimum atomic E-state index is 0.659. The van der Waals surface area contributed by atoms with Crippen molar-refractivity contribution in [2.45, 2.75) is 26.9 Å². The molecule has 0 fully saturated rings. The van der Waals surface area contributed by atoms with Crippen LogP contribution in [0.15, 0.2) is 65.8 Å². The lowest BCUT2D eigenvalue weighted by atomic mass is 10.1. The Balaban J connectivity index is 1.70. The molecule has 3 rings (SSSR count). The van der Waals surface area contributed by atoms with Crippen molar-refractivity contribution in [3.8, 4) is 0 Å². The molecular weight excluding hydrogens is 308 g/mol. The molecule has 4 nitrogen and oxygen atoms in total. The molecule has 1 heterocycles. The van der Waals surface area contributed by atoms with Crippen LogP contribution in [0.1, 0.15) is 23.6 Å². The predicted molar refractivity (Wildman–Crippen MR) is 105 cm³/mol. The number of benzene rings is 2. The highest BCUT2D eigenvalue weighted by Crippen LogP contribution is 2.15. The van der Waals surface area contributed by atoms with Crippen LogP contribution in [0.2, 0.25) is 0 Å². The van der Waals surface area contributed by atoms with Crippen molar-refractivity contribution in [1.82, 2.24) is 15.6 Å². The van der Waals surface area contributed by atoms with Gasteiger partial charge in [0.05, 0.1) is 12.1 Å². The van der Waals surface area contributed by atoms with Gasteiger partial charge >= 0.3 is 0 Å². The van der Waals surface area contributed by atoms with Crippen LogP contribution < -0.4 is 10.6 Å². The van der Waals surface area contributed by atoms with E-state index in [1.165, 1.54) is 22.1 Å². The zero-order valence-electron chi connectivity index (χ0n) is 14.8. The maximum atomic E-state index is 4.69. The Kier molecular flexibility index (Phi) is 5.62. The van der Waals surface area contributed by atoms with Gasteiger partial charge in [-0.25, -0.2) is 4.99 Å². The Bertz CT molecular complexity index is 848. The third kappa shape index (κ3) is 4.57. The number of aromatic nitrogens is 1. The molecule has 0 radical (unpaired) electrons. The number of guanidine groups is 1. The SMILES string of the molecule is CCNC(=NCc1ccc(C)cc1)NCc1ccnc2ccccc12. The molecule has 25 heavy (non-hydrogen) atoms. The summed E-state index contributed by atoms with van der Waals surface area (Å²) in [5, 5.41) is 7.90. The minimum Gasteiger partial charge on any atom is -0.357 e. The maximum absolute atomic E-state index is 4.69. The number of para-hydroxylation sites is 1. The molecule has 0 bridgehead atoms. The Labute approximate surface area is 149 Å². The van der Waals surface area contributed by atoms with Crippen LogP contribution in [0, 0.1) is 6.92 Å². The second kappa shape index (κ2) is 8.29. The number of nitrogens with one attached hydrogen (secondary N) is 2. The molecule has 0 aliphatic carbocycles. The fraction of sp³-hybridized carbons (Fsp3) is 0.238. The van der Waals surface area contributed by atoms with E-state index in [1.54, 1.807) is 0 Å². The molecule has 0 aliphatic heterocycles. The average molecular weight is 332 g/mol. The molecule has 0 amide bonds. The van der Waals surface area contributed by atoms with Crippen LogP contribution in [0.25, 0.3) is 10.9 Å². The van der Waals surface area contributed by atoms with Gasteiger partial charge in [0.2, 0.25) is 0 Å². The quantitative estimate of drug-likeness (QED) is 0.552. The van der Waals surface area contributed by atoms with E-state index in [9.17, 15) is 0 Å². The van der Waals surface area contributed by atoms with Crippen molar-refractivity contribution in [3.05, 3.63) is 77.5 Å². The number of nitrogens with zero attached hydrogens (tertiary/aromatic N) is 2. The molecule has 2 N–H and O–H groups in total. The van der Waals surface area contributed by atoms with Crippen LogP contribution in [-0.4, -0.2) is 17.5 Å². The summed E-state index contributed by atoms with van der Waals surface area (Å²) >= 11 is 0. The third-order valence-corrected chi connectivity index (χ3v) is 4.07. The maximum Gasteiger partial charge on any atom is 0.191 e. The summed E-state index contributed by atoms with van der Waals surface area (Å²) in [6.07, 6.45) is 1.86. The van der Waals surface area contributed by atoms with E-state index < -0.39 is 0 Å². The number of pyridine rings is 1. The first-order valence-electron chi connectivity index (χ1n) is 8.66. The lowest BCUT2D eigenvalue weighted by Crippen LogP contribution is -2.36. The monoisotopic (exact) mass is 332 g/mol. The molecule has 1 aromatic heterocycles. The summed E-state index contributed by atoms with van der Waals surface area (Å²) in [6.45, 7) is 6.37. The lowest BCUT2D eigenvalue weighted by Gasteiger charge is -2.12. The summed E-state index contributed by atoms with van der Waals surface area (Å²) in [5.74, 6) is 0.823. The summed E-state index contributed by atoms with van der Waals surface area (Å²) < 4.78 is 0. The third-order valence-electron chi connectivity index (χ3n) is 4.07. The van der Waals surface area contributed by atoms with Crippen LogP contribution in [0.5, 0.6) is 0 Å². The number of rotatable bonds is 5. The van der Waals surface area contributed by atoms with Gasteiger partial charge < -0.3 is 10.6 Å². The van der Waals surface area contributed by atoms with Crippen molar-refractivity contribution in [2.24, 2.45) is 4.99 Å². The number of aryl methyl sites for hydroxylation is 1. The van der Waals surface area contributed by atoms with E-state index in [0.717, 1.165) is 18.0 Å². The zero-order valence-corrected chi connectivity index (χ0v) is 14.8. The van der Waals surface area contributed by atoms with Crippen molar-refractivity contribution in [3.63, 3.8) is 0 Å². The fourth-order valence-electron chi connectivity index (χ4n) is 2.69. The molecule has 0 spiro atoms. The largest absolute Gasteiger partial charge is 0.357 e. The van der Waals surface area contributed by atoms with E-state index in [2.05, 4.69) is 70.9 Å². The smallest absolute Gasteiger partial charge is 0.191 e. The Morgan fingerprint density at radius 1 is 1.00 bits per heavy atom. The van der Waals surface area contributed by atoms with Crippen molar-refractivity contribution < 1.29 is 0 Å². The second-order valence-corrected chi connectivity index (χ2v) is 6.02. The van der Waals surface area contributed by atoms with Gasteiger partial charge in [0, 0.05) is 24.7 Å². The van der Waals surface area contributed by atoms with E-state index in [-0.39, 0.29) is 0 Å². The zero-order chi connectivity index (χ0) is 17.5. The molecule has 4 heteroatoms. The molecule has 2 aromatic carbocycles. The Hall–Kier alpha value is -2.88. The predicted octanol–water partition coefficient (Wildman–Crippen LogP) is 3.80. The van der Waals surface area contributed by atoms with Gasteiger partial charge in [-0.2, -0.15) is 0 Å². The first kappa shape index (κ1) is 17.0. The highest BCUT2D eigenvalue weighted by Gasteiger charge is 2.03. The van der Waals surface area contributed by atoms with E-state index in [4.69, 9.17) is 0 Å². The number of hydrogen-bond donors (Lipinski definition) is 2. The van der Waals surface area contributed by atoms with Gasteiger partial charge in [-0.15, -0.1) is 0 Å². The topological polar surface area (TPSA) is 49.3 Å². The summed E-state index contributed by atoms with van der Waals surface area (Å²) in [6, 6.07) is 18.7. The molecule has 128 valence electrons. The second-order valence-electron chi connectivity index (χ2n) is 6.02. The van der Waals surface area contributed by atoms with Gasteiger partial charge in [-0.05, 0) is 37.1 Å². The molecule has 0 saturated carbocycles. The standard InChI is InChI=1S/C21H24N4/c1-3-22-21(24-14-17-10-8-16(2)9-11-17)25-15-18-12-13-23-20-7-5-4-6-19(18)20/h4-13H,3,14-15H2,1-2H3,(H2,22,24,25). The number of fused-ring (bicyclic) bond motifs is 1. The molecular formula is C21H24N4. The summed E-state index contributed by atoms with van der Waals surface area (Å²) in [4.78, 5) is 9.10. The van der Waals surface area contributed by atoms with Gasteiger partial charge in [0.1, 0.15) is 0 Å². The molecule has 0 saturated heterocycles. The van der Waals surface area contributed by atoms with Crippen LogP contribution in [-0.2, 0) is 13.1 Å².